The molecule has 608 valence electrons. The predicted octanol–water partition coefficient (Wildman–Crippen LogP) is 30.8. The van der Waals surface area contributed by atoms with E-state index in [0.29, 0.717) is 0 Å². The van der Waals surface area contributed by atoms with E-state index >= 15 is 0 Å². The van der Waals surface area contributed by atoms with Gasteiger partial charge in [0.15, 0.2) is 0 Å². The fourth-order valence-electron chi connectivity index (χ4n) is 14.8. The molecule has 14 aromatic rings. The summed E-state index contributed by atoms with van der Waals surface area (Å²) in [6, 6.07) is 108. The van der Waals surface area contributed by atoms with Crippen LogP contribution >= 0.6 is 0 Å². The number of benzene rings is 10. The Hall–Kier alpha value is -8.08. The molecule has 0 atom stereocenters. The Morgan fingerprint density at radius 2 is 0.474 bits per heavy atom. The molecule has 0 fully saturated rings. The summed E-state index contributed by atoms with van der Waals surface area (Å²) < 4.78 is 0. The molecule has 4 aromatic heterocycles. The van der Waals surface area contributed by atoms with Crippen molar-refractivity contribution in [2.45, 2.75) is 207 Å². The van der Waals surface area contributed by atoms with Crippen LogP contribution < -0.4 is 0 Å². The minimum Gasteiger partial charge on any atom is -0.305 e. The summed E-state index contributed by atoms with van der Waals surface area (Å²) in [6.07, 6.45) is 44.6. The maximum absolute atomic E-state index is 4.66. The molecule has 8 heteroatoms. The van der Waals surface area contributed by atoms with Gasteiger partial charge < -0.3 is 19.9 Å². The summed E-state index contributed by atoms with van der Waals surface area (Å²) in [7, 11) is 0. The van der Waals surface area contributed by atoms with Gasteiger partial charge in [-0.2, -0.15) is 0 Å². The molecule has 0 saturated carbocycles. The minimum absolute atomic E-state index is 0. The zero-order valence-electron chi connectivity index (χ0n) is 68.6. The average molecular weight is 2240 g/mol. The van der Waals surface area contributed by atoms with Crippen molar-refractivity contribution in [1.29, 1.82) is 0 Å². The minimum atomic E-state index is 0. The molecular formula is C108H116Ir4N4-4. The van der Waals surface area contributed by atoms with Gasteiger partial charge in [0.2, 0.25) is 0 Å². The molecule has 0 saturated heterocycles. The third-order valence-electron chi connectivity index (χ3n) is 21.4. The van der Waals surface area contributed by atoms with Crippen LogP contribution in [0.5, 0.6) is 0 Å². The molecule has 0 bridgehead atoms. The van der Waals surface area contributed by atoms with Gasteiger partial charge in [-0.1, -0.05) is 326 Å². The molecule has 4 radical (unpaired) electrons. The number of aromatic nitrogens is 4. The third-order valence-corrected chi connectivity index (χ3v) is 21.4. The predicted molar refractivity (Wildman–Crippen MR) is 479 cm³/mol. The smallest absolute Gasteiger partial charge is 0.0167 e. The second kappa shape index (κ2) is 54.8. The molecule has 0 aliphatic rings. The van der Waals surface area contributed by atoms with E-state index in [0.717, 1.165) is 45.0 Å². The van der Waals surface area contributed by atoms with Gasteiger partial charge in [0.1, 0.15) is 0 Å². The van der Waals surface area contributed by atoms with Crippen LogP contribution in [0, 0.1) is 24.3 Å². The zero-order valence-corrected chi connectivity index (χ0v) is 78.2. The van der Waals surface area contributed by atoms with Gasteiger partial charge in [0, 0.05) is 105 Å². The van der Waals surface area contributed by atoms with Crippen LogP contribution in [0.1, 0.15) is 204 Å². The summed E-state index contributed by atoms with van der Waals surface area (Å²) in [5.41, 5.74) is 23.7. The summed E-state index contributed by atoms with van der Waals surface area (Å²) in [5, 5.41) is 4.76. The Balaban J connectivity index is 0.000000212. The largest absolute Gasteiger partial charge is 0.305 e. The van der Waals surface area contributed by atoms with E-state index in [4.69, 9.17) is 0 Å². The van der Waals surface area contributed by atoms with Crippen molar-refractivity contribution in [1.82, 2.24) is 19.9 Å². The van der Waals surface area contributed by atoms with Gasteiger partial charge in [0.05, 0.1) is 0 Å². The Bertz CT molecular complexity index is 4660. The van der Waals surface area contributed by atoms with Gasteiger partial charge in [-0.25, -0.2) is 0 Å². The molecule has 10 aromatic carbocycles. The van der Waals surface area contributed by atoms with Crippen molar-refractivity contribution in [2.75, 3.05) is 0 Å². The van der Waals surface area contributed by atoms with Crippen LogP contribution in [-0.4, -0.2) is 19.9 Å². The van der Waals surface area contributed by atoms with Crippen LogP contribution in [0.25, 0.3) is 111 Å². The molecule has 0 aliphatic heterocycles. The monoisotopic (exact) mass is 2240 g/mol. The van der Waals surface area contributed by atoms with E-state index in [1.807, 2.05) is 85.5 Å². The van der Waals surface area contributed by atoms with Crippen molar-refractivity contribution in [3.63, 3.8) is 0 Å². The van der Waals surface area contributed by atoms with Crippen LogP contribution in [-0.2, 0) is 106 Å². The molecular weight excluding hydrogens is 2120 g/mol. The van der Waals surface area contributed by atoms with Crippen molar-refractivity contribution in [3.05, 3.63) is 338 Å². The second-order valence-electron chi connectivity index (χ2n) is 30.0. The van der Waals surface area contributed by atoms with E-state index in [-0.39, 0.29) is 80.4 Å². The molecule has 0 spiro atoms. The maximum Gasteiger partial charge on any atom is 0.0167 e. The van der Waals surface area contributed by atoms with E-state index in [1.165, 1.54) is 268 Å². The number of nitrogens with zero attached hydrogens (tertiary/aromatic N) is 4. The van der Waals surface area contributed by atoms with Crippen molar-refractivity contribution in [2.24, 2.45) is 0 Å². The van der Waals surface area contributed by atoms with Crippen molar-refractivity contribution >= 4 is 21.5 Å². The molecule has 14 rings (SSSR count). The Labute approximate surface area is 750 Å². The standard InChI is InChI=1S/2C29H30N.2C25H28N.4Ir/c2*1-2-3-4-5-6-7-11-23-16-18-24(19-17-23)26-13-10-14-27(22-26)29-28-15-9-8-12-25(28)20-21-30-29;2*1-2-3-4-5-6-7-11-21-15-17-22(18-16-21)23-12-10-13-24(20-23)25-14-8-9-19-26-25;;;;/h2*8-10,12-13,15-22H,2-7,11H2,1H3;2*8-10,12,14-20H,2-7,11H2,1H3;;;;/q4*-1;;;;. The molecule has 4 nitrogen and oxygen atoms in total. The molecule has 0 unspecified atom stereocenters. The Morgan fingerprint density at radius 3 is 0.759 bits per heavy atom. The number of rotatable bonds is 36. The molecule has 0 amide bonds. The fraction of sp³-hybridized carbons (Fsp3) is 0.296. The number of fused-ring (bicyclic) bond motifs is 2. The molecule has 0 aliphatic carbocycles. The first-order valence-corrected chi connectivity index (χ1v) is 42.4. The van der Waals surface area contributed by atoms with Crippen LogP contribution in [0.15, 0.2) is 292 Å². The first kappa shape index (κ1) is 95.1. The van der Waals surface area contributed by atoms with Crippen LogP contribution in [0.4, 0.5) is 0 Å². The number of aryl methyl sites for hydroxylation is 4. The van der Waals surface area contributed by atoms with E-state index in [9.17, 15) is 0 Å². The summed E-state index contributed by atoms with van der Waals surface area (Å²) in [6.45, 7) is 9.08. The first-order valence-electron chi connectivity index (χ1n) is 42.4. The molecule has 0 N–H and O–H groups in total. The van der Waals surface area contributed by atoms with Crippen molar-refractivity contribution in [3.8, 4) is 89.5 Å². The number of unbranched alkanes of at least 4 members (excludes halogenated alkanes) is 20. The van der Waals surface area contributed by atoms with Crippen molar-refractivity contribution < 1.29 is 80.4 Å². The van der Waals surface area contributed by atoms with E-state index in [2.05, 4.69) is 278 Å². The SMILES string of the molecule is CCCCCCCCc1ccc(-c2cc[c-]c(-c3ccccn3)c2)cc1.CCCCCCCCc1ccc(-c2cc[c-]c(-c3ccccn3)c2)cc1.CCCCCCCCc1ccc(-c2cc[c-]c(-c3nccc4ccccc34)c2)cc1.CCCCCCCCc1ccc(-c2cc[c-]c(-c3nccc4ccccc34)c2)cc1.[Ir].[Ir].[Ir].[Ir]. The molecule has 116 heavy (non-hydrogen) atoms. The van der Waals surface area contributed by atoms with Crippen LogP contribution in [0.3, 0.4) is 0 Å². The van der Waals surface area contributed by atoms with E-state index in [1.54, 1.807) is 0 Å². The Morgan fingerprint density at radius 1 is 0.216 bits per heavy atom. The normalized spacial score (nSPS) is 10.6. The maximum atomic E-state index is 4.66. The van der Waals surface area contributed by atoms with E-state index < -0.39 is 0 Å². The molecule has 4 heterocycles. The Kier molecular flexibility index (Phi) is 44.9. The second-order valence-corrected chi connectivity index (χ2v) is 30.0. The van der Waals surface area contributed by atoms with Gasteiger partial charge in [0.25, 0.3) is 0 Å². The van der Waals surface area contributed by atoms with Gasteiger partial charge in [-0.3, -0.25) is 0 Å². The van der Waals surface area contributed by atoms with Gasteiger partial charge in [-0.05, 0) is 164 Å². The summed E-state index contributed by atoms with van der Waals surface area (Å²) in [5.74, 6) is 0. The average Bonchev–Trinajstić information content (AvgIpc) is 0.809. The number of hydrogen-bond donors (Lipinski definition) is 0. The topological polar surface area (TPSA) is 51.6 Å². The summed E-state index contributed by atoms with van der Waals surface area (Å²) >= 11 is 0. The first-order chi connectivity index (χ1) is 55.4. The fourth-order valence-corrected chi connectivity index (χ4v) is 14.8. The number of hydrogen-bond acceptors (Lipinski definition) is 4. The quantitative estimate of drug-likeness (QED) is 0.0290. The third kappa shape index (κ3) is 31.0. The number of pyridine rings is 4. The van der Waals surface area contributed by atoms with Gasteiger partial charge >= 0.3 is 0 Å². The zero-order chi connectivity index (χ0) is 77.3. The van der Waals surface area contributed by atoms with Gasteiger partial charge in [-0.15, -0.1) is 142 Å². The van der Waals surface area contributed by atoms with Crippen LogP contribution in [0.2, 0.25) is 0 Å². The summed E-state index contributed by atoms with van der Waals surface area (Å²) in [4.78, 5) is 18.2.